The van der Waals surface area contributed by atoms with Crippen LogP contribution in [0.3, 0.4) is 0 Å². The molecule has 1 aromatic carbocycles. The van der Waals surface area contributed by atoms with Crippen LogP contribution in [-0.2, 0) is 16.0 Å². The van der Waals surface area contributed by atoms with Crippen molar-refractivity contribution in [3.63, 3.8) is 0 Å². The lowest BCUT2D eigenvalue weighted by atomic mass is 9.98. The van der Waals surface area contributed by atoms with E-state index in [9.17, 15) is 19.2 Å². The van der Waals surface area contributed by atoms with Crippen molar-refractivity contribution in [1.82, 2.24) is 20.7 Å². The number of benzene rings is 1. The first-order chi connectivity index (χ1) is 11.6. The van der Waals surface area contributed by atoms with E-state index >= 15 is 0 Å². The Hall–Kier alpha value is -3.42. The summed E-state index contributed by atoms with van der Waals surface area (Å²) in [6.45, 7) is -0.461. The number of nitrogens with zero attached hydrogens (tertiary/aromatic N) is 1. The number of hydrogen-bond acceptors (Lipinski definition) is 4. The van der Waals surface area contributed by atoms with E-state index in [1.807, 2.05) is 0 Å². The Bertz CT molecular complexity index is 813. The van der Waals surface area contributed by atoms with Gasteiger partial charge in [0, 0.05) is 11.8 Å². The summed E-state index contributed by atoms with van der Waals surface area (Å²) in [5.41, 5.74) is 5.70. The number of imide groups is 1. The first-order valence-corrected chi connectivity index (χ1v) is 7.21. The van der Waals surface area contributed by atoms with Crippen LogP contribution in [0, 0.1) is 0 Å². The fourth-order valence-corrected chi connectivity index (χ4v) is 2.41. The van der Waals surface area contributed by atoms with E-state index in [-0.39, 0.29) is 12.1 Å². The van der Waals surface area contributed by atoms with Crippen molar-refractivity contribution in [2.75, 3.05) is 6.54 Å². The van der Waals surface area contributed by atoms with Gasteiger partial charge < -0.3 is 4.98 Å². The molecule has 0 bridgehead atoms. The van der Waals surface area contributed by atoms with Crippen molar-refractivity contribution >= 4 is 23.6 Å². The second-order valence-corrected chi connectivity index (χ2v) is 5.21. The van der Waals surface area contributed by atoms with E-state index < -0.39 is 30.2 Å². The minimum atomic E-state index is -0.670. The minimum absolute atomic E-state index is 0.0596. The molecule has 0 unspecified atom stereocenters. The average molecular weight is 326 g/mol. The van der Waals surface area contributed by atoms with Gasteiger partial charge in [-0.05, 0) is 23.8 Å². The number of amides is 4. The highest BCUT2D eigenvalue weighted by Gasteiger charge is 2.31. The van der Waals surface area contributed by atoms with Crippen molar-refractivity contribution < 1.29 is 19.2 Å². The molecular formula is C16H14N4O4. The molecule has 0 spiro atoms. The van der Waals surface area contributed by atoms with E-state index in [1.165, 1.54) is 6.07 Å². The largest absolute Gasteiger partial charge is 0.357 e. The van der Waals surface area contributed by atoms with E-state index in [0.29, 0.717) is 11.1 Å². The fourth-order valence-electron chi connectivity index (χ4n) is 2.41. The zero-order valence-electron chi connectivity index (χ0n) is 12.5. The van der Waals surface area contributed by atoms with Crippen molar-refractivity contribution in [2.24, 2.45) is 0 Å². The fraction of sp³-hybridized carbons (Fsp3) is 0.125. The van der Waals surface area contributed by atoms with Gasteiger partial charge in [0.25, 0.3) is 17.7 Å². The molecular weight excluding hydrogens is 312 g/mol. The lowest BCUT2D eigenvalue weighted by Crippen LogP contribution is -2.51. The average Bonchev–Trinajstić information content (AvgIpc) is 3.11. The number of aromatic amines is 1. The topological polar surface area (TPSA) is 111 Å². The van der Waals surface area contributed by atoms with E-state index in [2.05, 4.69) is 15.8 Å². The molecule has 3 N–H and O–H groups in total. The van der Waals surface area contributed by atoms with Gasteiger partial charge in [-0.2, -0.15) is 0 Å². The summed E-state index contributed by atoms with van der Waals surface area (Å²) in [7, 11) is 0. The molecule has 0 fully saturated rings. The number of hydrogen-bond donors (Lipinski definition) is 3. The predicted octanol–water partition coefficient (Wildman–Crippen LogP) is 0.000800. The molecule has 3 rings (SSSR count). The number of carbonyl (C=O) groups excluding carboxylic acids is 4. The minimum Gasteiger partial charge on any atom is -0.357 e. The van der Waals surface area contributed by atoms with Gasteiger partial charge in [0.05, 0.1) is 6.42 Å². The molecule has 0 radical (unpaired) electrons. The van der Waals surface area contributed by atoms with E-state index in [0.717, 1.165) is 4.90 Å². The van der Waals surface area contributed by atoms with Crippen LogP contribution in [-0.4, -0.2) is 40.1 Å². The molecule has 1 aromatic heterocycles. The second kappa shape index (κ2) is 6.37. The van der Waals surface area contributed by atoms with Crippen LogP contribution in [0.4, 0.5) is 0 Å². The van der Waals surface area contributed by atoms with Crippen molar-refractivity contribution in [2.45, 2.75) is 6.42 Å². The van der Waals surface area contributed by atoms with Crippen molar-refractivity contribution in [3.05, 3.63) is 59.4 Å². The molecule has 8 nitrogen and oxygen atoms in total. The van der Waals surface area contributed by atoms with Crippen molar-refractivity contribution in [1.29, 1.82) is 0 Å². The zero-order chi connectivity index (χ0) is 17.1. The van der Waals surface area contributed by atoms with Crippen LogP contribution in [0.1, 0.15) is 26.4 Å². The van der Waals surface area contributed by atoms with Gasteiger partial charge >= 0.3 is 0 Å². The molecule has 0 aliphatic carbocycles. The zero-order valence-corrected chi connectivity index (χ0v) is 12.5. The smallest absolute Gasteiger partial charge is 0.286 e. The Labute approximate surface area is 136 Å². The maximum Gasteiger partial charge on any atom is 0.286 e. The molecule has 0 saturated carbocycles. The van der Waals surface area contributed by atoms with Crippen molar-refractivity contribution in [3.8, 4) is 0 Å². The molecule has 8 heteroatoms. The number of carbonyl (C=O) groups is 4. The van der Waals surface area contributed by atoms with Gasteiger partial charge in [-0.3, -0.25) is 34.9 Å². The standard InChI is InChI=1S/C16H14N4O4/c21-13(18-19-15(23)12-6-3-7-17-12)9-20-14(22)8-10-4-1-2-5-11(10)16(20)24/h1-7,17H,8-9H2,(H,18,21)(H,19,23). The molecule has 1 aliphatic heterocycles. The Balaban J connectivity index is 1.61. The molecule has 2 heterocycles. The number of fused-ring (bicyclic) bond motifs is 1. The molecule has 24 heavy (non-hydrogen) atoms. The SMILES string of the molecule is O=C(CN1C(=O)Cc2ccccc2C1=O)NNC(=O)c1ccc[nH]1. The van der Waals surface area contributed by atoms with Gasteiger partial charge in [0.1, 0.15) is 12.2 Å². The number of hydrazine groups is 1. The Morgan fingerprint density at radius 3 is 2.62 bits per heavy atom. The third-order valence-corrected chi connectivity index (χ3v) is 3.60. The van der Waals surface area contributed by atoms with Crippen LogP contribution in [0.15, 0.2) is 42.6 Å². The Morgan fingerprint density at radius 2 is 1.88 bits per heavy atom. The number of aromatic nitrogens is 1. The normalized spacial score (nSPS) is 13.4. The Morgan fingerprint density at radius 1 is 1.08 bits per heavy atom. The predicted molar refractivity (Wildman–Crippen MR) is 82.6 cm³/mol. The lowest BCUT2D eigenvalue weighted by molar-refractivity contribution is -0.133. The van der Waals surface area contributed by atoms with Crippen LogP contribution in [0.5, 0.6) is 0 Å². The summed E-state index contributed by atoms with van der Waals surface area (Å²) in [6, 6.07) is 9.94. The van der Waals surface area contributed by atoms with E-state index in [1.54, 1.807) is 36.5 Å². The third kappa shape index (κ3) is 3.02. The summed E-state index contributed by atoms with van der Waals surface area (Å²) in [5.74, 6) is -2.18. The van der Waals surface area contributed by atoms with Crippen LogP contribution >= 0.6 is 0 Å². The number of nitrogens with one attached hydrogen (secondary N) is 3. The number of rotatable bonds is 3. The maximum atomic E-state index is 12.3. The molecule has 1 aliphatic rings. The number of H-pyrrole nitrogens is 1. The first kappa shape index (κ1) is 15.5. The monoisotopic (exact) mass is 326 g/mol. The quantitative estimate of drug-likeness (QED) is 0.544. The van der Waals surface area contributed by atoms with Gasteiger partial charge in [-0.15, -0.1) is 0 Å². The highest BCUT2D eigenvalue weighted by atomic mass is 16.2. The second-order valence-electron chi connectivity index (χ2n) is 5.21. The third-order valence-electron chi connectivity index (χ3n) is 3.60. The summed E-state index contributed by atoms with van der Waals surface area (Å²) in [4.78, 5) is 51.5. The van der Waals surface area contributed by atoms with E-state index in [4.69, 9.17) is 0 Å². The summed E-state index contributed by atoms with van der Waals surface area (Å²) in [5, 5.41) is 0. The molecule has 122 valence electrons. The molecule has 0 saturated heterocycles. The highest BCUT2D eigenvalue weighted by molar-refractivity contribution is 6.11. The molecule has 0 atom stereocenters. The van der Waals surface area contributed by atoms with Gasteiger partial charge in [0.15, 0.2) is 0 Å². The first-order valence-electron chi connectivity index (χ1n) is 7.21. The summed E-state index contributed by atoms with van der Waals surface area (Å²) >= 11 is 0. The lowest BCUT2D eigenvalue weighted by Gasteiger charge is -2.26. The summed E-state index contributed by atoms with van der Waals surface area (Å²) < 4.78 is 0. The maximum absolute atomic E-state index is 12.3. The Kier molecular flexibility index (Phi) is 4.11. The van der Waals surface area contributed by atoms with Gasteiger partial charge in [0.2, 0.25) is 5.91 Å². The molecule has 4 amide bonds. The van der Waals surface area contributed by atoms with Crippen LogP contribution in [0.25, 0.3) is 0 Å². The molecule has 2 aromatic rings. The highest BCUT2D eigenvalue weighted by Crippen LogP contribution is 2.19. The van der Waals surface area contributed by atoms with Gasteiger partial charge in [-0.1, -0.05) is 18.2 Å². The van der Waals surface area contributed by atoms with Gasteiger partial charge in [-0.25, -0.2) is 0 Å². The summed E-state index contributed by atoms with van der Waals surface area (Å²) in [6.07, 6.45) is 1.63. The van der Waals surface area contributed by atoms with Crippen LogP contribution in [0.2, 0.25) is 0 Å². The van der Waals surface area contributed by atoms with Crippen LogP contribution < -0.4 is 10.9 Å².